The smallest absolute Gasteiger partial charge is 0.161 e. The van der Waals surface area contributed by atoms with Crippen LogP contribution < -0.4 is 9.47 Å². The molecule has 0 unspecified atom stereocenters. The number of nitrogens with zero attached hydrogens (tertiary/aromatic N) is 2. The Morgan fingerprint density at radius 1 is 1.28 bits per heavy atom. The number of methoxy groups -OCH3 is 1. The topological polar surface area (TPSA) is 47.7 Å². The third kappa shape index (κ3) is 3.82. The monoisotopic (exact) mass is 344 g/mol. The van der Waals surface area contributed by atoms with Gasteiger partial charge in [0, 0.05) is 18.2 Å². The van der Waals surface area contributed by atoms with Crippen molar-refractivity contribution in [3.63, 3.8) is 0 Å². The molecule has 2 heterocycles. The van der Waals surface area contributed by atoms with Crippen molar-refractivity contribution in [3.05, 3.63) is 40.8 Å². The van der Waals surface area contributed by atoms with Crippen LogP contribution in [0, 0.1) is 13.8 Å². The third-order valence-electron chi connectivity index (χ3n) is 4.76. The van der Waals surface area contributed by atoms with Gasteiger partial charge in [0.2, 0.25) is 0 Å². The van der Waals surface area contributed by atoms with Crippen LogP contribution in [-0.4, -0.2) is 29.8 Å². The molecule has 0 aliphatic carbocycles. The number of likely N-dealkylation sites (tertiary alicyclic amines) is 1. The summed E-state index contributed by atoms with van der Waals surface area (Å²) >= 11 is 0. The van der Waals surface area contributed by atoms with E-state index >= 15 is 0 Å². The van der Waals surface area contributed by atoms with Gasteiger partial charge in [-0.2, -0.15) is 0 Å². The minimum absolute atomic E-state index is 0.127. The van der Waals surface area contributed by atoms with Crippen molar-refractivity contribution < 1.29 is 14.0 Å². The molecule has 5 heteroatoms. The lowest BCUT2D eigenvalue weighted by Crippen LogP contribution is -2.23. The molecule has 1 aliphatic rings. The molecule has 0 saturated carbocycles. The van der Waals surface area contributed by atoms with Crippen LogP contribution in [0.1, 0.15) is 55.3 Å². The molecule has 1 fully saturated rings. The number of benzene rings is 1. The number of aromatic nitrogens is 1. The fourth-order valence-electron chi connectivity index (χ4n) is 3.70. The summed E-state index contributed by atoms with van der Waals surface area (Å²) in [7, 11) is 1.69. The van der Waals surface area contributed by atoms with Gasteiger partial charge in [0.05, 0.1) is 18.9 Å². The van der Waals surface area contributed by atoms with Gasteiger partial charge in [-0.25, -0.2) is 0 Å². The highest BCUT2D eigenvalue weighted by Crippen LogP contribution is 2.37. The first-order chi connectivity index (χ1) is 12.0. The predicted molar refractivity (Wildman–Crippen MR) is 97.1 cm³/mol. The number of hydrogen-bond donors (Lipinski definition) is 0. The van der Waals surface area contributed by atoms with Crippen molar-refractivity contribution in [1.82, 2.24) is 10.1 Å². The summed E-state index contributed by atoms with van der Waals surface area (Å²) in [5.41, 5.74) is 3.49. The van der Waals surface area contributed by atoms with E-state index in [0.717, 1.165) is 42.5 Å². The van der Waals surface area contributed by atoms with Gasteiger partial charge in [0.25, 0.3) is 0 Å². The minimum Gasteiger partial charge on any atom is -0.493 e. The van der Waals surface area contributed by atoms with E-state index in [0.29, 0.717) is 6.04 Å². The number of ether oxygens (including phenoxy) is 2. The molecule has 0 radical (unpaired) electrons. The van der Waals surface area contributed by atoms with Crippen molar-refractivity contribution in [2.24, 2.45) is 0 Å². The van der Waals surface area contributed by atoms with E-state index in [9.17, 15) is 0 Å². The standard InChI is InChI=1S/C20H28N2O3/c1-13(2)24-18-9-8-16(11-19(18)23-5)12-22-10-6-7-17(22)20-14(3)21-25-15(20)4/h8-9,11,13,17H,6-7,10,12H2,1-5H3/t17-/m0/s1. The molecule has 2 aromatic rings. The second-order valence-electron chi connectivity index (χ2n) is 7.02. The Labute approximate surface area is 149 Å². The summed E-state index contributed by atoms with van der Waals surface area (Å²) in [4.78, 5) is 2.50. The van der Waals surface area contributed by atoms with Gasteiger partial charge >= 0.3 is 0 Å². The maximum absolute atomic E-state index is 5.81. The maximum atomic E-state index is 5.81. The van der Waals surface area contributed by atoms with Gasteiger partial charge in [-0.15, -0.1) is 0 Å². The van der Waals surface area contributed by atoms with Crippen LogP contribution in [0.4, 0.5) is 0 Å². The van der Waals surface area contributed by atoms with Crippen molar-refractivity contribution >= 4 is 0 Å². The molecule has 3 rings (SSSR count). The van der Waals surface area contributed by atoms with Crippen LogP contribution in [0.5, 0.6) is 11.5 Å². The molecular weight excluding hydrogens is 316 g/mol. The van der Waals surface area contributed by atoms with Crippen LogP contribution in [0.2, 0.25) is 0 Å². The number of rotatable bonds is 6. The highest BCUT2D eigenvalue weighted by Gasteiger charge is 2.30. The third-order valence-corrected chi connectivity index (χ3v) is 4.76. The van der Waals surface area contributed by atoms with Crippen molar-refractivity contribution in [3.8, 4) is 11.5 Å². The van der Waals surface area contributed by atoms with E-state index in [4.69, 9.17) is 14.0 Å². The SMILES string of the molecule is COc1cc(CN2CCC[C@H]2c2c(C)noc2C)ccc1OC(C)C. The van der Waals surface area contributed by atoms with E-state index in [1.54, 1.807) is 7.11 Å². The number of aryl methyl sites for hydroxylation is 2. The predicted octanol–water partition coefficient (Wildman–Crippen LogP) is 4.42. The van der Waals surface area contributed by atoms with Crippen LogP contribution in [0.15, 0.2) is 22.7 Å². The Kier molecular flexibility index (Phi) is 5.33. The summed E-state index contributed by atoms with van der Waals surface area (Å²) < 4.78 is 16.7. The quantitative estimate of drug-likeness (QED) is 0.776. The first-order valence-corrected chi connectivity index (χ1v) is 9.00. The van der Waals surface area contributed by atoms with Gasteiger partial charge in [-0.1, -0.05) is 11.2 Å². The fourth-order valence-corrected chi connectivity index (χ4v) is 3.70. The molecule has 0 N–H and O–H groups in total. The Morgan fingerprint density at radius 3 is 2.72 bits per heavy atom. The molecule has 0 spiro atoms. The van der Waals surface area contributed by atoms with Crippen molar-refractivity contribution in [2.75, 3.05) is 13.7 Å². The molecule has 1 saturated heterocycles. The average molecular weight is 344 g/mol. The van der Waals surface area contributed by atoms with Crippen molar-refractivity contribution in [2.45, 2.75) is 59.2 Å². The summed E-state index contributed by atoms with van der Waals surface area (Å²) in [5, 5.41) is 4.13. The molecule has 1 aromatic heterocycles. The van der Waals surface area contributed by atoms with Gasteiger partial charge in [0.1, 0.15) is 5.76 Å². The first-order valence-electron chi connectivity index (χ1n) is 9.00. The average Bonchev–Trinajstić information content (AvgIpc) is 3.14. The Morgan fingerprint density at radius 2 is 2.08 bits per heavy atom. The summed E-state index contributed by atoms with van der Waals surface area (Å²) in [5.74, 6) is 2.52. The molecule has 1 aromatic carbocycles. The van der Waals surface area contributed by atoms with Crippen LogP contribution in [0.3, 0.4) is 0 Å². The molecule has 1 atom stereocenters. The highest BCUT2D eigenvalue weighted by atomic mass is 16.5. The lowest BCUT2D eigenvalue weighted by Gasteiger charge is -2.25. The second-order valence-corrected chi connectivity index (χ2v) is 7.02. The molecular formula is C20H28N2O3. The van der Waals surface area contributed by atoms with Crippen LogP contribution in [-0.2, 0) is 6.54 Å². The zero-order valence-corrected chi connectivity index (χ0v) is 15.8. The highest BCUT2D eigenvalue weighted by molar-refractivity contribution is 5.43. The fraction of sp³-hybridized carbons (Fsp3) is 0.550. The molecule has 1 aliphatic heterocycles. The lowest BCUT2D eigenvalue weighted by atomic mass is 10.0. The zero-order valence-electron chi connectivity index (χ0n) is 15.8. The van der Waals surface area contributed by atoms with E-state index in [2.05, 4.69) is 22.2 Å². The molecule has 136 valence electrons. The molecule has 0 amide bonds. The van der Waals surface area contributed by atoms with E-state index in [1.165, 1.54) is 17.5 Å². The molecule has 5 nitrogen and oxygen atoms in total. The van der Waals surface area contributed by atoms with Gasteiger partial charge in [0.15, 0.2) is 11.5 Å². The van der Waals surface area contributed by atoms with Crippen molar-refractivity contribution in [1.29, 1.82) is 0 Å². The lowest BCUT2D eigenvalue weighted by molar-refractivity contribution is 0.228. The van der Waals surface area contributed by atoms with E-state index in [1.807, 2.05) is 33.8 Å². The molecule has 0 bridgehead atoms. The van der Waals surface area contributed by atoms with Gasteiger partial charge < -0.3 is 14.0 Å². The first kappa shape index (κ1) is 17.8. The summed E-state index contributed by atoms with van der Waals surface area (Å²) in [6, 6.07) is 6.60. The Hall–Kier alpha value is -2.01. The normalized spacial score (nSPS) is 18.1. The van der Waals surface area contributed by atoms with Gasteiger partial charge in [-0.3, -0.25) is 4.90 Å². The maximum Gasteiger partial charge on any atom is 0.161 e. The van der Waals surface area contributed by atoms with Crippen LogP contribution in [0.25, 0.3) is 0 Å². The van der Waals surface area contributed by atoms with Crippen LogP contribution >= 0.6 is 0 Å². The largest absolute Gasteiger partial charge is 0.493 e. The van der Waals surface area contributed by atoms with E-state index in [-0.39, 0.29) is 6.10 Å². The zero-order chi connectivity index (χ0) is 18.0. The summed E-state index contributed by atoms with van der Waals surface area (Å²) in [6.07, 6.45) is 2.47. The molecule has 25 heavy (non-hydrogen) atoms. The Bertz CT molecular complexity index is 704. The summed E-state index contributed by atoms with van der Waals surface area (Å²) in [6.45, 7) is 10.0. The minimum atomic E-state index is 0.127. The van der Waals surface area contributed by atoms with E-state index < -0.39 is 0 Å². The number of hydrogen-bond acceptors (Lipinski definition) is 5. The second kappa shape index (κ2) is 7.48. The Balaban J connectivity index is 1.79. The van der Waals surface area contributed by atoms with Gasteiger partial charge in [-0.05, 0) is 64.8 Å².